The number of nitrogen functional groups attached to an aromatic ring is 1. The number of hydrogen-bond acceptors (Lipinski definition) is 4. The van der Waals surface area contributed by atoms with Crippen molar-refractivity contribution in [3.8, 4) is 5.69 Å². The van der Waals surface area contributed by atoms with E-state index in [0.717, 1.165) is 5.69 Å². The van der Waals surface area contributed by atoms with Crippen molar-refractivity contribution in [3.63, 3.8) is 0 Å². The van der Waals surface area contributed by atoms with Gasteiger partial charge in [0.05, 0.1) is 24.4 Å². The molecule has 0 saturated carbocycles. The Morgan fingerprint density at radius 3 is 2.58 bits per heavy atom. The Balaban J connectivity index is 2.43. The number of rotatable bonds is 1. The van der Waals surface area contributed by atoms with Crippen molar-refractivity contribution >= 4 is 5.95 Å². The van der Waals surface area contributed by atoms with E-state index in [1.54, 1.807) is 29.5 Å². The van der Waals surface area contributed by atoms with E-state index >= 15 is 0 Å². The molecule has 2 aromatic heterocycles. The Bertz CT molecular complexity index is 350. The molecule has 0 aliphatic rings. The van der Waals surface area contributed by atoms with Crippen molar-refractivity contribution in [2.45, 2.75) is 0 Å². The van der Waals surface area contributed by atoms with Crippen LogP contribution in [0.25, 0.3) is 5.69 Å². The standard InChI is InChI=1S/C7H7N5/c8-7-10-3-6(4-11-7)12-2-1-9-5-12/h1-5H,(H2,8,10,11). The average Bonchev–Trinajstić information content (AvgIpc) is 2.58. The van der Waals surface area contributed by atoms with Crippen LogP contribution in [0.5, 0.6) is 0 Å². The molecular formula is C7H7N5. The molecule has 0 amide bonds. The molecular weight excluding hydrogens is 154 g/mol. The highest BCUT2D eigenvalue weighted by atomic mass is 15.1. The molecule has 0 saturated heterocycles. The lowest BCUT2D eigenvalue weighted by Crippen LogP contribution is -1.97. The summed E-state index contributed by atoms with van der Waals surface area (Å²) in [6.45, 7) is 0. The van der Waals surface area contributed by atoms with E-state index in [0.29, 0.717) is 0 Å². The number of hydrogen-bond donors (Lipinski definition) is 1. The maximum atomic E-state index is 5.33. The van der Waals surface area contributed by atoms with Crippen LogP contribution in [0.4, 0.5) is 5.95 Å². The fraction of sp³-hybridized carbons (Fsp3) is 0. The minimum absolute atomic E-state index is 0.277. The number of imidazole rings is 1. The third kappa shape index (κ3) is 1.12. The second kappa shape index (κ2) is 2.61. The zero-order valence-corrected chi connectivity index (χ0v) is 6.25. The Hall–Kier alpha value is -1.91. The van der Waals surface area contributed by atoms with Gasteiger partial charge in [-0.05, 0) is 0 Å². The Morgan fingerprint density at radius 2 is 2.00 bits per heavy atom. The van der Waals surface area contributed by atoms with E-state index in [2.05, 4.69) is 15.0 Å². The Morgan fingerprint density at radius 1 is 1.25 bits per heavy atom. The van der Waals surface area contributed by atoms with Crippen LogP contribution in [-0.4, -0.2) is 19.5 Å². The van der Waals surface area contributed by atoms with Crippen LogP contribution in [-0.2, 0) is 0 Å². The third-order valence-corrected chi connectivity index (χ3v) is 1.46. The fourth-order valence-corrected chi connectivity index (χ4v) is 0.876. The average molecular weight is 161 g/mol. The van der Waals surface area contributed by atoms with Crippen LogP contribution >= 0.6 is 0 Å². The Kier molecular flexibility index (Phi) is 1.48. The van der Waals surface area contributed by atoms with E-state index in [-0.39, 0.29) is 5.95 Å². The molecule has 2 N–H and O–H groups in total. The first kappa shape index (κ1) is 6.78. The highest BCUT2D eigenvalue weighted by Gasteiger charge is 1.94. The second-order valence-electron chi connectivity index (χ2n) is 2.27. The summed E-state index contributed by atoms with van der Waals surface area (Å²) < 4.78 is 1.80. The lowest BCUT2D eigenvalue weighted by atomic mass is 10.5. The Labute approximate surface area is 68.9 Å². The van der Waals surface area contributed by atoms with E-state index in [4.69, 9.17) is 5.73 Å². The monoisotopic (exact) mass is 161 g/mol. The lowest BCUT2D eigenvalue weighted by molar-refractivity contribution is 1.01. The van der Waals surface area contributed by atoms with Gasteiger partial charge in [0, 0.05) is 12.4 Å². The summed E-state index contributed by atoms with van der Waals surface area (Å²) in [5, 5.41) is 0. The molecule has 0 aromatic carbocycles. The van der Waals surface area contributed by atoms with Gasteiger partial charge in [-0.3, -0.25) is 0 Å². The number of nitrogens with two attached hydrogens (primary N) is 1. The zero-order valence-electron chi connectivity index (χ0n) is 6.25. The van der Waals surface area contributed by atoms with Crippen molar-refractivity contribution in [1.82, 2.24) is 19.5 Å². The highest BCUT2D eigenvalue weighted by Crippen LogP contribution is 2.03. The van der Waals surface area contributed by atoms with Crippen LogP contribution in [0, 0.1) is 0 Å². The van der Waals surface area contributed by atoms with Gasteiger partial charge in [-0.2, -0.15) is 0 Å². The molecule has 2 rings (SSSR count). The van der Waals surface area contributed by atoms with Gasteiger partial charge in [-0.1, -0.05) is 0 Å². The van der Waals surface area contributed by atoms with Crippen LogP contribution in [0.2, 0.25) is 0 Å². The predicted octanol–water partition coefficient (Wildman–Crippen LogP) is 0.244. The van der Waals surface area contributed by atoms with E-state index in [1.165, 1.54) is 0 Å². The van der Waals surface area contributed by atoms with Gasteiger partial charge in [0.25, 0.3) is 0 Å². The fourth-order valence-electron chi connectivity index (χ4n) is 0.876. The molecule has 0 atom stereocenters. The van der Waals surface area contributed by atoms with Crippen molar-refractivity contribution in [1.29, 1.82) is 0 Å². The SMILES string of the molecule is Nc1ncc(-n2ccnc2)cn1. The normalized spacial score (nSPS) is 10.0. The molecule has 0 aliphatic heterocycles. The molecule has 2 heterocycles. The van der Waals surface area contributed by atoms with Crippen LogP contribution < -0.4 is 5.73 Å². The van der Waals surface area contributed by atoms with Gasteiger partial charge in [0.15, 0.2) is 0 Å². The van der Waals surface area contributed by atoms with Crippen molar-refractivity contribution in [3.05, 3.63) is 31.1 Å². The lowest BCUT2D eigenvalue weighted by Gasteiger charge is -1.98. The molecule has 0 aliphatic carbocycles. The first-order chi connectivity index (χ1) is 5.86. The molecule has 0 unspecified atom stereocenters. The maximum Gasteiger partial charge on any atom is 0.220 e. The topological polar surface area (TPSA) is 69.6 Å². The molecule has 60 valence electrons. The molecule has 0 fully saturated rings. The van der Waals surface area contributed by atoms with E-state index < -0.39 is 0 Å². The molecule has 5 heteroatoms. The summed E-state index contributed by atoms with van der Waals surface area (Å²) in [5.74, 6) is 0.277. The van der Waals surface area contributed by atoms with Crippen molar-refractivity contribution in [2.24, 2.45) is 0 Å². The minimum Gasteiger partial charge on any atom is -0.368 e. The molecule has 0 bridgehead atoms. The molecule has 2 aromatic rings. The predicted molar refractivity (Wildman–Crippen MR) is 43.6 cm³/mol. The number of aromatic nitrogens is 4. The largest absolute Gasteiger partial charge is 0.368 e. The molecule has 0 spiro atoms. The van der Waals surface area contributed by atoms with Gasteiger partial charge >= 0.3 is 0 Å². The highest BCUT2D eigenvalue weighted by molar-refractivity contribution is 5.28. The molecule has 12 heavy (non-hydrogen) atoms. The summed E-state index contributed by atoms with van der Waals surface area (Å²) in [7, 11) is 0. The van der Waals surface area contributed by atoms with Gasteiger partial charge in [0.1, 0.15) is 0 Å². The smallest absolute Gasteiger partial charge is 0.220 e. The van der Waals surface area contributed by atoms with Crippen LogP contribution in [0.15, 0.2) is 31.1 Å². The van der Waals surface area contributed by atoms with Crippen molar-refractivity contribution < 1.29 is 0 Å². The van der Waals surface area contributed by atoms with E-state index in [1.807, 2.05) is 6.20 Å². The first-order valence-corrected chi connectivity index (χ1v) is 3.42. The third-order valence-electron chi connectivity index (χ3n) is 1.46. The second-order valence-corrected chi connectivity index (χ2v) is 2.27. The van der Waals surface area contributed by atoms with Gasteiger partial charge < -0.3 is 10.3 Å². The minimum atomic E-state index is 0.277. The summed E-state index contributed by atoms with van der Waals surface area (Å²) in [5.41, 5.74) is 6.18. The number of anilines is 1. The summed E-state index contributed by atoms with van der Waals surface area (Å²) in [4.78, 5) is 11.6. The summed E-state index contributed by atoms with van der Waals surface area (Å²) >= 11 is 0. The zero-order chi connectivity index (χ0) is 8.39. The summed E-state index contributed by atoms with van der Waals surface area (Å²) in [6.07, 6.45) is 8.47. The van der Waals surface area contributed by atoms with Gasteiger partial charge in [0.2, 0.25) is 5.95 Å². The van der Waals surface area contributed by atoms with E-state index in [9.17, 15) is 0 Å². The van der Waals surface area contributed by atoms with Crippen molar-refractivity contribution in [2.75, 3.05) is 5.73 Å². The van der Waals surface area contributed by atoms with Gasteiger partial charge in [-0.15, -0.1) is 0 Å². The quantitative estimate of drug-likeness (QED) is 0.650. The first-order valence-electron chi connectivity index (χ1n) is 3.42. The van der Waals surface area contributed by atoms with Crippen LogP contribution in [0.3, 0.4) is 0 Å². The number of nitrogens with zero attached hydrogens (tertiary/aromatic N) is 4. The van der Waals surface area contributed by atoms with Crippen LogP contribution in [0.1, 0.15) is 0 Å². The molecule has 5 nitrogen and oxygen atoms in total. The maximum absolute atomic E-state index is 5.33. The summed E-state index contributed by atoms with van der Waals surface area (Å²) in [6, 6.07) is 0. The molecule has 0 radical (unpaired) electrons. The van der Waals surface area contributed by atoms with Gasteiger partial charge in [-0.25, -0.2) is 15.0 Å².